The third-order valence-corrected chi connectivity index (χ3v) is 9.93. The van der Waals surface area contributed by atoms with Gasteiger partial charge in [0.1, 0.15) is 11.3 Å². The van der Waals surface area contributed by atoms with E-state index in [1.54, 1.807) is 13.0 Å². The zero-order valence-corrected chi connectivity index (χ0v) is 28.4. The molecule has 246 valence electrons. The van der Waals surface area contributed by atoms with Gasteiger partial charge < -0.3 is 14.7 Å². The number of rotatable bonds is 18. The van der Waals surface area contributed by atoms with E-state index in [4.69, 9.17) is 27.9 Å². The lowest BCUT2D eigenvalue weighted by Crippen LogP contribution is -2.46. The van der Waals surface area contributed by atoms with Gasteiger partial charge in [0, 0.05) is 38.3 Å². The molecule has 2 heterocycles. The largest absolute Gasteiger partial charge is 0.494 e. The van der Waals surface area contributed by atoms with Gasteiger partial charge in [-0.15, -0.1) is 0 Å². The molecule has 1 N–H and O–H groups in total. The van der Waals surface area contributed by atoms with Crippen molar-refractivity contribution in [1.82, 2.24) is 9.47 Å². The third kappa shape index (κ3) is 9.40. The highest BCUT2D eigenvalue weighted by Gasteiger charge is 2.36. The van der Waals surface area contributed by atoms with E-state index < -0.39 is 11.5 Å². The van der Waals surface area contributed by atoms with Crippen LogP contribution >= 0.6 is 23.2 Å². The van der Waals surface area contributed by atoms with Crippen LogP contribution < -0.4 is 15.2 Å². The fourth-order valence-corrected chi connectivity index (χ4v) is 6.72. The van der Waals surface area contributed by atoms with E-state index in [2.05, 4.69) is 16.7 Å². The zero-order chi connectivity index (χ0) is 32.2. The van der Waals surface area contributed by atoms with Crippen LogP contribution in [0.4, 0.5) is 5.69 Å². The molecule has 0 saturated carbocycles. The van der Waals surface area contributed by atoms with Crippen molar-refractivity contribution < 1.29 is 14.6 Å². The normalized spacial score (nSPS) is 15.3. The van der Waals surface area contributed by atoms with Crippen molar-refractivity contribution in [1.29, 1.82) is 0 Å². The first kappa shape index (κ1) is 35.1. The van der Waals surface area contributed by atoms with E-state index in [-0.39, 0.29) is 5.56 Å². The van der Waals surface area contributed by atoms with Gasteiger partial charge in [0.15, 0.2) is 0 Å². The topological polar surface area (TPSA) is 75.0 Å². The molecule has 2 aromatic carbocycles. The number of aromatic nitrogens is 1. The molecule has 1 aromatic heterocycles. The monoisotopic (exact) mass is 657 g/mol. The molecule has 1 unspecified atom stereocenters. The lowest BCUT2D eigenvalue weighted by atomic mass is 9.92. The Kier molecular flexibility index (Phi) is 13.5. The molecular formula is C36H49Cl2N3O4. The second-order valence-corrected chi connectivity index (χ2v) is 13.3. The number of pyridine rings is 1. The van der Waals surface area contributed by atoms with Gasteiger partial charge in [-0.1, -0.05) is 87.6 Å². The molecule has 0 radical (unpaired) electrons. The van der Waals surface area contributed by atoms with Gasteiger partial charge in [-0.05, 0) is 68.4 Å². The molecule has 1 aliphatic heterocycles. The predicted molar refractivity (Wildman–Crippen MR) is 187 cm³/mol. The Morgan fingerprint density at radius 1 is 0.889 bits per heavy atom. The first-order chi connectivity index (χ1) is 21.7. The number of nitrogens with zero attached hydrogens (tertiary/aromatic N) is 3. The van der Waals surface area contributed by atoms with E-state index >= 15 is 0 Å². The highest BCUT2D eigenvalue weighted by atomic mass is 35.5. The smallest absolute Gasteiger partial charge is 0.329 e. The average Bonchev–Trinajstić information content (AvgIpc) is 3.03. The van der Waals surface area contributed by atoms with Crippen LogP contribution in [0.25, 0.3) is 10.9 Å². The summed E-state index contributed by atoms with van der Waals surface area (Å²) in [4.78, 5) is 30.5. The molecule has 1 fully saturated rings. The molecule has 7 nitrogen and oxygen atoms in total. The minimum atomic E-state index is -1.33. The van der Waals surface area contributed by atoms with Crippen LogP contribution in [0.15, 0.2) is 53.3 Å². The summed E-state index contributed by atoms with van der Waals surface area (Å²) < 4.78 is 7.57. The van der Waals surface area contributed by atoms with E-state index in [1.165, 1.54) is 42.7 Å². The van der Waals surface area contributed by atoms with Gasteiger partial charge >= 0.3 is 5.97 Å². The molecule has 9 heteroatoms. The van der Waals surface area contributed by atoms with E-state index in [1.807, 2.05) is 36.4 Å². The van der Waals surface area contributed by atoms with Crippen LogP contribution in [-0.2, 0) is 10.3 Å². The molecule has 0 aliphatic carbocycles. The quantitative estimate of drug-likeness (QED) is 0.138. The molecule has 0 spiro atoms. The number of hydrogen-bond acceptors (Lipinski definition) is 5. The lowest BCUT2D eigenvalue weighted by molar-refractivity contribution is -0.147. The number of carboxylic acid groups (broad SMARTS) is 1. The summed E-state index contributed by atoms with van der Waals surface area (Å²) in [7, 11) is 0. The number of halogens is 2. The van der Waals surface area contributed by atoms with Crippen molar-refractivity contribution in [3.05, 3.63) is 68.9 Å². The molecule has 45 heavy (non-hydrogen) atoms. The van der Waals surface area contributed by atoms with Gasteiger partial charge in [-0.25, -0.2) is 4.79 Å². The Hall–Kier alpha value is -2.74. The van der Waals surface area contributed by atoms with Crippen LogP contribution in [0.3, 0.4) is 0 Å². The Balaban J connectivity index is 1.29. The Morgan fingerprint density at radius 2 is 1.58 bits per heavy atom. The Labute approximate surface area is 278 Å². The summed E-state index contributed by atoms with van der Waals surface area (Å²) in [5.41, 5.74) is -0.0432. The van der Waals surface area contributed by atoms with Crippen molar-refractivity contribution in [3.63, 3.8) is 0 Å². The maximum Gasteiger partial charge on any atom is 0.329 e. The number of anilines is 1. The summed E-state index contributed by atoms with van der Waals surface area (Å²) >= 11 is 12.6. The first-order valence-corrected chi connectivity index (χ1v) is 17.4. The van der Waals surface area contributed by atoms with Crippen LogP contribution in [0, 0.1) is 0 Å². The van der Waals surface area contributed by atoms with Gasteiger partial charge in [-0.3, -0.25) is 14.3 Å². The average molecular weight is 659 g/mol. The van der Waals surface area contributed by atoms with Gasteiger partial charge in [0.25, 0.3) is 5.56 Å². The Bertz CT molecular complexity index is 1450. The molecule has 1 saturated heterocycles. The number of carbonyl (C=O) groups is 1. The van der Waals surface area contributed by atoms with Crippen LogP contribution in [0.5, 0.6) is 5.75 Å². The summed E-state index contributed by atoms with van der Waals surface area (Å²) in [6.45, 7) is 9.17. The number of ether oxygens (including phenoxy) is 1. The maximum absolute atomic E-state index is 13.2. The van der Waals surface area contributed by atoms with Gasteiger partial charge in [0.2, 0.25) is 0 Å². The number of piperazine rings is 1. The third-order valence-electron chi connectivity index (χ3n) is 9.12. The highest BCUT2D eigenvalue weighted by Crippen LogP contribution is 2.33. The number of hydrogen-bond donors (Lipinski definition) is 1. The molecule has 0 amide bonds. The SMILES string of the molecule is CCCCCCCCCCC(C)(C(=O)O)n1c(=O)ccc2ccc(OCCCCN3CCN(c4cccc(Cl)c4Cl)CC3)cc21. The van der Waals surface area contributed by atoms with Gasteiger partial charge in [-0.2, -0.15) is 0 Å². The van der Waals surface area contributed by atoms with Crippen molar-refractivity contribution in [3.8, 4) is 5.75 Å². The molecular weight excluding hydrogens is 609 g/mol. The number of aliphatic carboxylic acids is 1. The van der Waals surface area contributed by atoms with E-state index in [0.29, 0.717) is 34.3 Å². The summed E-state index contributed by atoms with van der Waals surface area (Å²) in [6.07, 6.45) is 11.3. The fraction of sp³-hybridized carbons (Fsp3) is 0.556. The molecule has 1 aliphatic rings. The maximum atomic E-state index is 13.2. The zero-order valence-electron chi connectivity index (χ0n) is 26.9. The van der Waals surface area contributed by atoms with Crippen molar-refractivity contribution >= 4 is 45.8 Å². The molecule has 0 bridgehead atoms. The number of unbranched alkanes of at least 4 members (excludes halogenated alkanes) is 8. The fourth-order valence-electron chi connectivity index (χ4n) is 6.31. The van der Waals surface area contributed by atoms with Crippen LogP contribution in [-0.4, -0.2) is 59.9 Å². The summed E-state index contributed by atoms with van der Waals surface area (Å²) in [5.74, 6) is -0.337. The first-order valence-electron chi connectivity index (χ1n) is 16.7. The van der Waals surface area contributed by atoms with Gasteiger partial charge in [0.05, 0.1) is 27.9 Å². The minimum absolute atomic E-state index is 0.304. The van der Waals surface area contributed by atoms with Crippen LogP contribution in [0.1, 0.15) is 84.5 Å². The standard InChI is InChI=1S/C36H49Cl2N3O4/c1-3-4-5-6-7-8-9-10-20-36(2,35(43)44)41-32-27-29(18-16-28(32)17-19-33(41)42)45-26-12-11-21-39-22-24-40(25-23-39)31-15-13-14-30(37)34(31)38/h13-19,27H,3-12,20-26H2,1-2H3,(H,43,44). The number of fused-ring (bicyclic) bond motifs is 1. The minimum Gasteiger partial charge on any atom is -0.494 e. The van der Waals surface area contributed by atoms with Crippen molar-refractivity contribution in [2.24, 2.45) is 0 Å². The second kappa shape index (κ2) is 17.3. The molecule has 4 rings (SSSR count). The molecule has 1 atom stereocenters. The highest BCUT2D eigenvalue weighted by molar-refractivity contribution is 6.43. The molecule has 3 aromatic rings. The summed E-state index contributed by atoms with van der Waals surface area (Å²) in [6, 6.07) is 14.6. The summed E-state index contributed by atoms with van der Waals surface area (Å²) in [5, 5.41) is 12.4. The Morgan fingerprint density at radius 3 is 2.29 bits per heavy atom. The van der Waals surface area contributed by atoms with Crippen molar-refractivity contribution in [2.75, 3.05) is 44.2 Å². The second-order valence-electron chi connectivity index (χ2n) is 12.5. The predicted octanol–water partition coefficient (Wildman–Crippen LogP) is 8.62. The lowest BCUT2D eigenvalue weighted by Gasteiger charge is -2.36. The van der Waals surface area contributed by atoms with Crippen LogP contribution in [0.2, 0.25) is 10.0 Å². The van der Waals surface area contributed by atoms with E-state index in [9.17, 15) is 14.7 Å². The number of carboxylic acids is 1. The van der Waals surface area contributed by atoms with Crippen molar-refractivity contribution in [2.45, 2.75) is 90.0 Å². The van der Waals surface area contributed by atoms with E-state index in [0.717, 1.165) is 75.9 Å². The number of benzene rings is 2.